The molecular formula is C10H12K6N2O8+2. The van der Waals surface area contributed by atoms with E-state index >= 15 is 0 Å². The van der Waals surface area contributed by atoms with Crippen molar-refractivity contribution in [3.8, 4) is 0 Å². The van der Waals surface area contributed by atoms with Crippen LogP contribution in [0.4, 0.5) is 0 Å². The van der Waals surface area contributed by atoms with Crippen LogP contribution in [0, 0.1) is 0 Å². The zero-order valence-electron chi connectivity index (χ0n) is 16.4. The Hall–Kier alpha value is 7.62. The van der Waals surface area contributed by atoms with Gasteiger partial charge in [-0.2, -0.15) is 0 Å². The molecule has 0 amide bonds. The van der Waals surface area contributed by atoms with Gasteiger partial charge in [-0.05, 0) is 0 Å². The SMILES string of the molecule is O=C([O-])CN(CCN(CC(=O)[O-])CC(=O)[O-])CC(=O)[O-].[K+].[K+].[K+].[K+].[K+].[K+]. The van der Waals surface area contributed by atoms with Crippen molar-refractivity contribution in [1.29, 1.82) is 0 Å². The Morgan fingerprint density at radius 1 is 0.462 bits per heavy atom. The summed E-state index contributed by atoms with van der Waals surface area (Å²) in [5, 5.41) is 41.6. The van der Waals surface area contributed by atoms with Crippen LogP contribution in [0.1, 0.15) is 0 Å². The zero-order valence-corrected chi connectivity index (χ0v) is 35.1. The Morgan fingerprint density at radius 2 is 0.615 bits per heavy atom. The topological polar surface area (TPSA) is 167 Å². The van der Waals surface area contributed by atoms with E-state index in [4.69, 9.17) is 0 Å². The first-order chi connectivity index (χ1) is 9.20. The fourth-order valence-corrected chi connectivity index (χ4v) is 1.44. The number of carbonyl (C=O) groups excluding carboxylic acids is 4. The predicted molar refractivity (Wildman–Crippen MR) is 52.9 cm³/mol. The van der Waals surface area contributed by atoms with E-state index in [9.17, 15) is 39.6 Å². The Labute approximate surface area is 407 Å². The summed E-state index contributed by atoms with van der Waals surface area (Å²) < 4.78 is 0. The zero-order chi connectivity index (χ0) is 15.7. The summed E-state index contributed by atoms with van der Waals surface area (Å²) in [6.07, 6.45) is 0. The van der Waals surface area contributed by atoms with E-state index in [1.54, 1.807) is 0 Å². The molecule has 0 aromatic rings. The van der Waals surface area contributed by atoms with Crippen molar-refractivity contribution in [3.05, 3.63) is 0 Å². The van der Waals surface area contributed by atoms with Crippen molar-refractivity contribution >= 4 is 23.9 Å². The van der Waals surface area contributed by atoms with Gasteiger partial charge in [0.1, 0.15) is 0 Å². The third-order valence-electron chi connectivity index (χ3n) is 2.14. The molecule has 0 aliphatic rings. The summed E-state index contributed by atoms with van der Waals surface area (Å²) >= 11 is 0. The average Bonchev–Trinajstić information content (AvgIpc) is 2.22. The first-order valence-corrected chi connectivity index (χ1v) is 5.44. The fraction of sp³-hybridized carbons (Fsp3) is 0.600. The molecule has 0 saturated carbocycles. The number of carboxylic acid groups (broad SMARTS) is 4. The number of hydrogen-bond acceptors (Lipinski definition) is 10. The molecule has 0 aromatic heterocycles. The minimum absolute atomic E-state index is 0. The Morgan fingerprint density at radius 3 is 0.731 bits per heavy atom. The molecule has 16 heteroatoms. The van der Waals surface area contributed by atoms with E-state index in [-0.39, 0.29) is 321 Å². The number of hydrogen-bond donors (Lipinski definition) is 0. The molecule has 0 rings (SSSR count). The molecular weight excluding hydrogens is 511 g/mol. The van der Waals surface area contributed by atoms with E-state index in [1.165, 1.54) is 0 Å². The Kier molecular flexibility index (Phi) is 63.3. The van der Waals surface area contributed by atoms with Crippen molar-refractivity contribution in [2.45, 2.75) is 0 Å². The van der Waals surface area contributed by atoms with Gasteiger partial charge < -0.3 is 39.6 Å². The second kappa shape index (κ2) is 32.6. The van der Waals surface area contributed by atoms with Gasteiger partial charge in [-0.1, -0.05) is 0 Å². The molecule has 26 heavy (non-hydrogen) atoms. The number of rotatable bonds is 11. The number of aliphatic carboxylic acids is 4. The molecule has 0 fully saturated rings. The Balaban J connectivity index is -0.000000120. The number of carboxylic acids is 4. The molecule has 0 radical (unpaired) electrons. The van der Waals surface area contributed by atoms with Crippen molar-refractivity contribution in [1.82, 2.24) is 9.80 Å². The van der Waals surface area contributed by atoms with Crippen LogP contribution in [0.3, 0.4) is 0 Å². The van der Waals surface area contributed by atoms with Gasteiger partial charge in [0.15, 0.2) is 0 Å². The van der Waals surface area contributed by atoms with Crippen LogP contribution in [-0.4, -0.2) is 72.9 Å². The monoisotopic (exact) mass is 522 g/mol. The maximum atomic E-state index is 10.4. The maximum Gasteiger partial charge on any atom is 1.00 e. The van der Waals surface area contributed by atoms with Gasteiger partial charge in [0.05, 0.1) is 23.9 Å². The summed E-state index contributed by atoms with van der Waals surface area (Å²) in [5.74, 6) is -6.12. The van der Waals surface area contributed by atoms with Gasteiger partial charge >= 0.3 is 308 Å². The summed E-state index contributed by atoms with van der Waals surface area (Å²) in [4.78, 5) is 43.4. The van der Waals surface area contributed by atoms with Crippen LogP contribution in [0.25, 0.3) is 0 Å². The molecule has 0 aliphatic heterocycles. The molecule has 10 nitrogen and oxygen atoms in total. The van der Waals surface area contributed by atoms with Crippen LogP contribution in [0.2, 0.25) is 0 Å². The van der Waals surface area contributed by atoms with Crippen LogP contribution < -0.4 is 329 Å². The molecule has 0 atom stereocenters. The van der Waals surface area contributed by atoms with Crippen LogP contribution in [0.15, 0.2) is 0 Å². The summed E-state index contributed by atoms with van der Waals surface area (Å²) in [6.45, 7) is -3.25. The summed E-state index contributed by atoms with van der Waals surface area (Å²) in [6, 6.07) is 0. The molecule has 0 N–H and O–H groups in total. The summed E-state index contributed by atoms with van der Waals surface area (Å²) in [5.41, 5.74) is 0. The number of nitrogens with zero attached hydrogens (tertiary/aromatic N) is 2. The normalized spacial score (nSPS) is 8.23. The number of carbonyl (C=O) groups is 4. The van der Waals surface area contributed by atoms with Crippen molar-refractivity contribution in [2.24, 2.45) is 0 Å². The average molecular weight is 523 g/mol. The fourth-order valence-electron chi connectivity index (χ4n) is 1.44. The second-order valence-corrected chi connectivity index (χ2v) is 3.91. The quantitative estimate of drug-likeness (QED) is 0.238. The molecule has 0 unspecified atom stereocenters. The molecule has 0 bridgehead atoms. The minimum atomic E-state index is -1.53. The molecule has 0 spiro atoms. The molecule has 0 saturated heterocycles. The van der Waals surface area contributed by atoms with E-state index in [1.807, 2.05) is 0 Å². The van der Waals surface area contributed by atoms with Gasteiger partial charge in [-0.15, -0.1) is 0 Å². The van der Waals surface area contributed by atoms with Crippen molar-refractivity contribution < 1.29 is 348 Å². The predicted octanol–water partition coefficient (Wildman–Crippen LogP) is -25.4. The van der Waals surface area contributed by atoms with Gasteiger partial charge in [0.25, 0.3) is 0 Å². The third-order valence-corrected chi connectivity index (χ3v) is 2.14. The molecule has 0 aromatic carbocycles. The molecule has 0 aliphatic carbocycles. The van der Waals surface area contributed by atoms with E-state index in [2.05, 4.69) is 0 Å². The van der Waals surface area contributed by atoms with Gasteiger partial charge in [-0.25, -0.2) is 0 Å². The second-order valence-electron chi connectivity index (χ2n) is 3.91. The van der Waals surface area contributed by atoms with E-state index in [0.29, 0.717) is 0 Å². The van der Waals surface area contributed by atoms with Crippen molar-refractivity contribution in [2.75, 3.05) is 39.3 Å². The standard InChI is InChI=1S/C10H16N2O8.6K/c13-7(14)3-11(4-8(15)16)1-2-12(5-9(17)18)6-10(19)20;;;;;;/h1-6H2,(H,13,14)(H,15,16)(H,17,18)(H,19,20);;;;;;/q;6*+1/p-4. The smallest absolute Gasteiger partial charge is 0.549 e. The minimum Gasteiger partial charge on any atom is -0.549 e. The van der Waals surface area contributed by atoms with Crippen LogP contribution in [0.5, 0.6) is 0 Å². The van der Waals surface area contributed by atoms with Gasteiger partial charge in [-0.3, -0.25) is 9.80 Å². The molecule has 0 heterocycles. The Bertz CT molecular complexity index is 336. The van der Waals surface area contributed by atoms with E-state index < -0.39 is 50.1 Å². The maximum absolute atomic E-state index is 10.4. The van der Waals surface area contributed by atoms with Crippen LogP contribution in [-0.2, 0) is 19.2 Å². The van der Waals surface area contributed by atoms with Gasteiger partial charge in [0, 0.05) is 39.3 Å². The van der Waals surface area contributed by atoms with E-state index in [0.717, 1.165) is 9.80 Å². The first-order valence-electron chi connectivity index (χ1n) is 5.44. The first kappa shape index (κ1) is 50.5. The third kappa shape index (κ3) is 36.2. The van der Waals surface area contributed by atoms with Crippen LogP contribution >= 0.6 is 0 Å². The van der Waals surface area contributed by atoms with Crippen molar-refractivity contribution in [3.63, 3.8) is 0 Å². The van der Waals surface area contributed by atoms with Gasteiger partial charge in [0.2, 0.25) is 0 Å². The summed E-state index contributed by atoms with van der Waals surface area (Å²) in [7, 11) is 0. The largest absolute Gasteiger partial charge is 1.00 e. The molecule has 114 valence electrons.